The lowest BCUT2D eigenvalue weighted by Crippen LogP contribution is -2.08. The Kier molecular flexibility index (Phi) is 4.00. The number of benzene rings is 1. The highest BCUT2D eigenvalue weighted by atomic mass is 16.4. The monoisotopic (exact) mass is 296 g/mol. The minimum atomic E-state index is -1.15. The summed E-state index contributed by atoms with van der Waals surface area (Å²) < 4.78 is 0. The smallest absolute Gasteiger partial charge is 0.411 e. The van der Waals surface area contributed by atoms with E-state index in [0.29, 0.717) is 11.2 Å². The van der Waals surface area contributed by atoms with E-state index in [1.807, 2.05) is 0 Å². The van der Waals surface area contributed by atoms with Crippen LogP contribution in [0.15, 0.2) is 48.7 Å². The van der Waals surface area contributed by atoms with Crippen molar-refractivity contribution >= 4 is 23.2 Å². The molecule has 22 heavy (non-hydrogen) atoms. The topological polar surface area (TPSA) is 90.9 Å². The van der Waals surface area contributed by atoms with Gasteiger partial charge in [-0.15, -0.1) is 0 Å². The number of imidazole rings is 1. The number of pyridine rings is 1. The number of hydrogen-bond acceptors (Lipinski definition) is 3. The van der Waals surface area contributed by atoms with Crippen molar-refractivity contribution in [3.05, 3.63) is 54.2 Å². The Morgan fingerprint density at radius 3 is 2.59 bits per heavy atom. The lowest BCUT2D eigenvalue weighted by molar-refractivity contribution is 0.209. The van der Waals surface area contributed by atoms with Crippen LogP contribution in [0.25, 0.3) is 11.2 Å². The minimum absolute atomic E-state index is 0.182. The normalized spacial score (nSPS) is 13.3. The summed E-state index contributed by atoms with van der Waals surface area (Å²) in [5.41, 5.74) is 2.72. The molecule has 4 rings (SSSR count). The second-order valence-corrected chi connectivity index (χ2v) is 5.08. The van der Waals surface area contributed by atoms with Crippen molar-refractivity contribution in [3.8, 4) is 0 Å². The van der Waals surface area contributed by atoms with Gasteiger partial charge in [0.1, 0.15) is 0 Å². The summed E-state index contributed by atoms with van der Waals surface area (Å²) in [7, 11) is 0. The van der Waals surface area contributed by atoms with E-state index in [9.17, 15) is 4.79 Å². The van der Waals surface area contributed by atoms with Crippen LogP contribution in [-0.4, -0.2) is 26.2 Å². The minimum Gasteiger partial charge on any atom is -0.465 e. The summed E-state index contributed by atoms with van der Waals surface area (Å²) in [5, 5.41) is 10.5. The Morgan fingerprint density at radius 1 is 1.18 bits per heavy atom. The van der Waals surface area contributed by atoms with Crippen LogP contribution in [0.2, 0.25) is 0 Å². The molecule has 6 nitrogen and oxygen atoms in total. The largest absolute Gasteiger partial charge is 0.465 e. The van der Waals surface area contributed by atoms with E-state index in [2.05, 4.69) is 50.6 Å². The molecule has 0 saturated heterocycles. The molecule has 2 heterocycles. The molecule has 1 aliphatic carbocycles. The van der Waals surface area contributed by atoms with Crippen LogP contribution in [0.5, 0.6) is 0 Å². The van der Waals surface area contributed by atoms with Crippen LogP contribution >= 0.6 is 0 Å². The van der Waals surface area contributed by atoms with Crippen LogP contribution in [0.1, 0.15) is 24.3 Å². The van der Waals surface area contributed by atoms with Gasteiger partial charge in [-0.1, -0.05) is 30.3 Å². The number of rotatable bonds is 2. The van der Waals surface area contributed by atoms with Gasteiger partial charge in [-0.2, -0.15) is 4.98 Å². The first-order valence-corrected chi connectivity index (χ1v) is 7.08. The number of nitrogens with zero attached hydrogens (tertiary/aromatic N) is 2. The Morgan fingerprint density at radius 2 is 1.95 bits per heavy atom. The molecule has 3 N–H and O–H groups in total. The van der Waals surface area contributed by atoms with Crippen molar-refractivity contribution in [1.29, 1.82) is 0 Å². The molecule has 0 bridgehead atoms. The Labute approximate surface area is 127 Å². The molecule has 0 aliphatic heterocycles. The van der Waals surface area contributed by atoms with Crippen molar-refractivity contribution in [3.63, 3.8) is 0 Å². The summed E-state index contributed by atoms with van der Waals surface area (Å²) in [6, 6.07) is 14.3. The summed E-state index contributed by atoms with van der Waals surface area (Å²) in [5.74, 6) is 1.09. The van der Waals surface area contributed by atoms with E-state index in [-0.39, 0.29) is 5.95 Å². The first-order chi connectivity index (χ1) is 10.7. The lowest BCUT2D eigenvalue weighted by atomic mass is 10.1. The third kappa shape index (κ3) is 3.60. The maximum Gasteiger partial charge on any atom is 0.411 e. The van der Waals surface area contributed by atoms with Gasteiger partial charge >= 0.3 is 6.09 Å². The van der Waals surface area contributed by atoms with Crippen LogP contribution in [0.3, 0.4) is 0 Å². The van der Waals surface area contributed by atoms with Crippen LogP contribution < -0.4 is 5.32 Å². The highest BCUT2D eigenvalue weighted by Crippen LogP contribution is 2.39. The molecule has 1 aromatic carbocycles. The average Bonchev–Trinajstić information content (AvgIpc) is 3.29. The van der Waals surface area contributed by atoms with Gasteiger partial charge in [0.15, 0.2) is 5.65 Å². The third-order valence-corrected chi connectivity index (χ3v) is 3.33. The zero-order valence-corrected chi connectivity index (χ0v) is 11.9. The van der Waals surface area contributed by atoms with E-state index >= 15 is 0 Å². The number of amides is 1. The number of nitrogens with one attached hydrogen (secondary N) is 2. The number of fused-ring (bicyclic) bond motifs is 1. The first kappa shape index (κ1) is 14.1. The molecule has 1 amide bonds. The molecule has 6 heteroatoms. The highest BCUT2D eigenvalue weighted by molar-refractivity contribution is 5.83. The van der Waals surface area contributed by atoms with Crippen molar-refractivity contribution < 1.29 is 9.90 Å². The van der Waals surface area contributed by atoms with Crippen molar-refractivity contribution in [1.82, 2.24) is 15.0 Å². The maximum atomic E-state index is 10.3. The zero-order chi connectivity index (χ0) is 15.4. The number of aromatic amines is 1. The van der Waals surface area contributed by atoms with Crippen molar-refractivity contribution in [2.24, 2.45) is 0 Å². The predicted molar refractivity (Wildman–Crippen MR) is 84.0 cm³/mol. The molecule has 2 aromatic heterocycles. The van der Waals surface area contributed by atoms with Gasteiger partial charge in [0.05, 0.1) is 5.52 Å². The predicted octanol–water partition coefficient (Wildman–Crippen LogP) is 3.61. The molecule has 1 fully saturated rings. The van der Waals surface area contributed by atoms with E-state index in [1.54, 1.807) is 18.3 Å². The standard InChI is InChI=1S/C9H10.C7H6N4O2/c1-2-4-8(5-3-1)9-6-7-9;12-7(13)11-6-9-4-2-1-3-8-5(4)10-6/h1-5,9H,6-7H2;1-3H,(H,12,13)(H2,8,9,10,11). The first-order valence-electron chi connectivity index (χ1n) is 7.08. The van der Waals surface area contributed by atoms with Crippen LogP contribution in [-0.2, 0) is 0 Å². The van der Waals surface area contributed by atoms with E-state index in [0.717, 1.165) is 5.92 Å². The fraction of sp³-hybridized carbons (Fsp3) is 0.188. The summed E-state index contributed by atoms with van der Waals surface area (Å²) in [6.45, 7) is 0. The third-order valence-electron chi connectivity index (χ3n) is 3.33. The lowest BCUT2D eigenvalue weighted by Gasteiger charge is -1.92. The Hall–Kier alpha value is -2.89. The highest BCUT2D eigenvalue weighted by Gasteiger charge is 2.22. The van der Waals surface area contributed by atoms with E-state index in [4.69, 9.17) is 5.11 Å². The Balaban J connectivity index is 0.000000139. The maximum absolute atomic E-state index is 10.3. The second-order valence-electron chi connectivity index (χ2n) is 5.08. The number of hydrogen-bond donors (Lipinski definition) is 3. The molecule has 0 unspecified atom stereocenters. The number of H-pyrrole nitrogens is 1. The number of aromatic nitrogens is 3. The average molecular weight is 296 g/mol. The quantitative estimate of drug-likeness (QED) is 0.673. The summed E-state index contributed by atoms with van der Waals surface area (Å²) >= 11 is 0. The van der Waals surface area contributed by atoms with E-state index < -0.39 is 6.09 Å². The number of anilines is 1. The SMILES string of the molecule is O=C(O)Nc1nc2ncccc2[nH]1.c1ccc(C2CC2)cc1. The van der Waals surface area contributed by atoms with Gasteiger partial charge in [0, 0.05) is 6.20 Å². The number of carboxylic acid groups (broad SMARTS) is 1. The van der Waals surface area contributed by atoms with Crippen LogP contribution in [0.4, 0.5) is 10.7 Å². The van der Waals surface area contributed by atoms with Gasteiger partial charge in [-0.3, -0.25) is 5.32 Å². The molecular weight excluding hydrogens is 280 g/mol. The molecule has 1 saturated carbocycles. The van der Waals surface area contributed by atoms with Crippen molar-refractivity contribution in [2.75, 3.05) is 5.32 Å². The fourth-order valence-electron chi connectivity index (χ4n) is 2.15. The zero-order valence-electron chi connectivity index (χ0n) is 11.9. The van der Waals surface area contributed by atoms with Gasteiger partial charge in [-0.05, 0) is 36.5 Å². The molecule has 1 aliphatic rings. The van der Waals surface area contributed by atoms with Crippen molar-refractivity contribution in [2.45, 2.75) is 18.8 Å². The van der Waals surface area contributed by atoms with Gasteiger partial charge < -0.3 is 10.1 Å². The Bertz CT molecular complexity index is 733. The van der Waals surface area contributed by atoms with Gasteiger partial charge in [0.2, 0.25) is 5.95 Å². The molecule has 3 aromatic rings. The van der Waals surface area contributed by atoms with Gasteiger partial charge in [-0.25, -0.2) is 9.78 Å². The molecule has 0 spiro atoms. The van der Waals surface area contributed by atoms with Crippen LogP contribution in [0, 0.1) is 0 Å². The summed E-state index contributed by atoms with van der Waals surface area (Å²) in [6.07, 6.45) is 3.25. The van der Waals surface area contributed by atoms with E-state index in [1.165, 1.54) is 18.4 Å². The number of carbonyl (C=O) groups is 1. The second kappa shape index (κ2) is 6.26. The molecule has 0 radical (unpaired) electrons. The van der Waals surface area contributed by atoms with Gasteiger partial charge in [0.25, 0.3) is 0 Å². The summed E-state index contributed by atoms with van der Waals surface area (Å²) in [4.78, 5) is 20.8. The molecule has 0 atom stereocenters. The molecule has 112 valence electrons. The molecular formula is C16H16N4O2. The fourth-order valence-corrected chi connectivity index (χ4v) is 2.15.